The lowest BCUT2D eigenvalue weighted by molar-refractivity contribution is -0.120. The molecule has 3 heterocycles. The molecule has 2 aromatic heterocycles. The summed E-state index contributed by atoms with van der Waals surface area (Å²) in [5.41, 5.74) is 1.84. The Balaban J connectivity index is 0.00000192. The summed E-state index contributed by atoms with van der Waals surface area (Å²) in [4.78, 5) is 21.8. The molecule has 0 saturated carbocycles. The second kappa shape index (κ2) is 8.86. The van der Waals surface area contributed by atoms with Crippen LogP contribution in [0.4, 0.5) is 0 Å². The van der Waals surface area contributed by atoms with Gasteiger partial charge in [0.05, 0.1) is 6.42 Å². The van der Waals surface area contributed by atoms with Crippen LogP contribution in [-0.2, 0) is 11.2 Å². The number of nitrogens with one attached hydrogen (secondary N) is 3. The molecular weight excluding hydrogens is 314 g/mol. The van der Waals surface area contributed by atoms with Crippen molar-refractivity contribution in [1.29, 1.82) is 0 Å². The van der Waals surface area contributed by atoms with E-state index in [9.17, 15) is 4.79 Å². The lowest BCUT2D eigenvalue weighted by Gasteiger charge is -2.27. The van der Waals surface area contributed by atoms with Crippen LogP contribution in [0.25, 0.3) is 11.0 Å². The third-order valence-electron chi connectivity index (χ3n) is 4.07. The van der Waals surface area contributed by atoms with Crippen LogP contribution in [0.3, 0.4) is 0 Å². The lowest BCUT2D eigenvalue weighted by Crippen LogP contribution is -2.44. The molecule has 0 bridgehead atoms. The van der Waals surface area contributed by atoms with Gasteiger partial charge >= 0.3 is 0 Å². The number of rotatable bonds is 6. The van der Waals surface area contributed by atoms with Crippen molar-refractivity contribution in [2.75, 3.05) is 39.3 Å². The molecule has 1 amide bonds. The molecule has 23 heavy (non-hydrogen) atoms. The first-order chi connectivity index (χ1) is 10.8. The van der Waals surface area contributed by atoms with Crippen LogP contribution in [0.15, 0.2) is 24.5 Å². The fourth-order valence-corrected chi connectivity index (χ4v) is 2.86. The zero-order valence-corrected chi connectivity index (χ0v) is 14.0. The maximum Gasteiger partial charge on any atom is 0.224 e. The van der Waals surface area contributed by atoms with Crippen molar-refractivity contribution in [1.82, 2.24) is 25.5 Å². The summed E-state index contributed by atoms with van der Waals surface area (Å²) in [6.07, 6.45) is 5.03. The number of hydrogen-bond donors (Lipinski definition) is 3. The van der Waals surface area contributed by atoms with Gasteiger partial charge in [0.25, 0.3) is 0 Å². The van der Waals surface area contributed by atoms with Crippen molar-refractivity contribution in [3.8, 4) is 0 Å². The smallest absolute Gasteiger partial charge is 0.224 e. The van der Waals surface area contributed by atoms with Gasteiger partial charge in [-0.1, -0.05) is 0 Å². The van der Waals surface area contributed by atoms with E-state index in [-0.39, 0.29) is 18.3 Å². The number of carbonyl (C=O) groups is 1. The summed E-state index contributed by atoms with van der Waals surface area (Å²) in [5.74, 6) is 0.0741. The Morgan fingerprint density at radius 3 is 3.00 bits per heavy atom. The molecule has 6 nitrogen and oxygen atoms in total. The van der Waals surface area contributed by atoms with Gasteiger partial charge in [-0.15, -0.1) is 12.4 Å². The molecular formula is C16H24ClN5O. The Hall–Kier alpha value is -1.63. The topological polar surface area (TPSA) is 73.0 Å². The fourth-order valence-electron chi connectivity index (χ4n) is 2.86. The largest absolute Gasteiger partial charge is 0.356 e. The van der Waals surface area contributed by atoms with Crippen LogP contribution < -0.4 is 10.6 Å². The standard InChI is InChI=1S/C16H23N5O.ClH/c22-15(18-5-2-8-21-9-6-17-7-10-21)11-13-12-20-16-14(13)3-1-4-19-16;/h1,3-4,12,17H,2,5-11H2,(H,18,22)(H,19,20);1H. The number of piperazine rings is 1. The zero-order chi connectivity index (χ0) is 15.2. The van der Waals surface area contributed by atoms with E-state index in [0.717, 1.165) is 62.3 Å². The number of fused-ring (bicyclic) bond motifs is 1. The van der Waals surface area contributed by atoms with Crippen molar-refractivity contribution in [2.24, 2.45) is 0 Å². The van der Waals surface area contributed by atoms with Crippen LogP contribution in [0.1, 0.15) is 12.0 Å². The maximum atomic E-state index is 12.0. The second-order valence-electron chi connectivity index (χ2n) is 5.69. The minimum Gasteiger partial charge on any atom is -0.356 e. The number of amides is 1. The van der Waals surface area contributed by atoms with Gasteiger partial charge in [-0.2, -0.15) is 0 Å². The van der Waals surface area contributed by atoms with Crippen molar-refractivity contribution in [3.05, 3.63) is 30.1 Å². The summed E-state index contributed by atoms with van der Waals surface area (Å²) in [5, 5.41) is 7.38. The Labute approximate surface area is 142 Å². The Kier molecular flexibility index (Phi) is 6.83. The normalized spacial score (nSPS) is 15.3. The maximum absolute atomic E-state index is 12.0. The van der Waals surface area contributed by atoms with Gasteiger partial charge in [0, 0.05) is 50.5 Å². The summed E-state index contributed by atoms with van der Waals surface area (Å²) in [6.45, 7) is 6.15. The fraction of sp³-hybridized carbons (Fsp3) is 0.500. The Bertz CT molecular complexity index is 624. The van der Waals surface area contributed by atoms with Crippen LogP contribution >= 0.6 is 12.4 Å². The third-order valence-corrected chi connectivity index (χ3v) is 4.07. The molecule has 0 radical (unpaired) electrons. The first-order valence-electron chi connectivity index (χ1n) is 7.94. The first kappa shape index (κ1) is 17.7. The van der Waals surface area contributed by atoms with Crippen molar-refractivity contribution in [2.45, 2.75) is 12.8 Å². The van der Waals surface area contributed by atoms with E-state index in [0.29, 0.717) is 6.42 Å². The molecule has 0 aliphatic carbocycles. The number of aromatic amines is 1. The van der Waals surface area contributed by atoms with Crippen molar-refractivity contribution < 1.29 is 4.79 Å². The summed E-state index contributed by atoms with van der Waals surface area (Å²) >= 11 is 0. The monoisotopic (exact) mass is 337 g/mol. The van der Waals surface area contributed by atoms with Crippen LogP contribution in [-0.4, -0.2) is 60.0 Å². The van der Waals surface area contributed by atoms with E-state index < -0.39 is 0 Å². The molecule has 0 unspecified atom stereocenters. The molecule has 0 aromatic carbocycles. The predicted molar refractivity (Wildman–Crippen MR) is 94.0 cm³/mol. The highest BCUT2D eigenvalue weighted by molar-refractivity contribution is 5.87. The van der Waals surface area contributed by atoms with Crippen LogP contribution in [0.5, 0.6) is 0 Å². The number of hydrogen-bond acceptors (Lipinski definition) is 4. The number of halogens is 1. The van der Waals surface area contributed by atoms with Gasteiger partial charge in [-0.3, -0.25) is 4.79 Å². The van der Waals surface area contributed by atoms with E-state index in [1.165, 1.54) is 0 Å². The molecule has 2 aromatic rings. The van der Waals surface area contributed by atoms with E-state index in [4.69, 9.17) is 0 Å². The molecule has 3 N–H and O–H groups in total. The van der Waals surface area contributed by atoms with Gasteiger partial charge in [0.15, 0.2) is 0 Å². The predicted octanol–water partition coefficient (Wildman–Crippen LogP) is 0.939. The average molecular weight is 338 g/mol. The van der Waals surface area contributed by atoms with Gasteiger partial charge in [-0.05, 0) is 30.7 Å². The number of nitrogens with zero attached hydrogens (tertiary/aromatic N) is 2. The van der Waals surface area contributed by atoms with Crippen molar-refractivity contribution in [3.63, 3.8) is 0 Å². The zero-order valence-electron chi connectivity index (χ0n) is 13.2. The highest BCUT2D eigenvalue weighted by Gasteiger charge is 2.10. The molecule has 1 saturated heterocycles. The summed E-state index contributed by atoms with van der Waals surface area (Å²) < 4.78 is 0. The van der Waals surface area contributed by atoms with Crippen LogP contribution in [0, 0.1) is 0 Å². The number of H-pyrrole nitrogens is 1. The Morgan fingerprint density at radius 2 is 2.17 bits per heavy atom. The second-order valence-corrected chi connectivity index (χ2v) is 5.69. The molecule has 7 heteroatoms. The molecule has 126 valence electrons. The Morgan fingerprint density at radius 1 is 1.35 bits per heavy atom. The van der Waals surface area contributed by atoms with Gasteiger partial charge in [0.2, 0.25) is 5.91 Å². The minimum absolute atomic E-state index is 0. The first-order valence-corrected chi connectivity index (χ1v) is 7.94. The quantitative estimate of drug-likeness (QED) is 0.686. The molecule has 0 spiro atoms. The molecule has 1 aliphatic rings. The summed E-state index contributed by atoms with van der Waals surface area (Å²) in [7, 11) is 0. The van der Waals surface area contributed by atoms with Gasteiger partial charge in [0.1, 0.15) is 5.65 Å². The number of pyridine rings is 1. The lowest BCUT2D eigenvalue weighted by atomic mass is 10.1. The van der Waals surface area contributed by atoms with E-state index >= 15 is 0 Å². The van der Waals surface area contributed by atoms with Crippen LogP contribution in [0.2, 0.25) is 0 Å². The number of aromatic nitrogens is 2. The number of carbonyl (C=O) groups excluding carboxylic acids is 1. The van der Waals surface area contributed by atoms with Gasteiger partial charge in [-0.25, -0.2) is 4.98 Å². The molecule has 0 atom stereocenters. The third kappa shape index (κ3) is 4.92. The average Bonchev–Trinajstić information content (AvgIpc) is 2.96. The SMILES string of the molecule is Cl.O=C(Cc1c[nH]c2ncccc12)NCCCN1CCNCC1. The molecule has 1 aliphatic heterocycles. The minimum atomic E-state index is 0. The molecule has 3 rings (SSSR count). The van der Waals surface area contributed by atoms with Crippen molar-refractivity contribution >= 4 is 29.3 Å². The highest BCUT2D eigenvalue weighted by Crippen LogP contribution is 2.15. The van der Waals surface area contributed by atoms with E-state index in [1.807, 2.05) is 18.3 Å². The summed E-state index contributed by atoms with van der Waals surface area (Å²) in [6, 6.07) is 3.89. The van der Waals surface area contributed by atoms with E-state index in [2.05, 4.69) is 25.5 Å². The highest BCUT2D eigenvalue weighted by atomic mass is 35.5. The molecule has 1 fully saturated rings. The van der Waals surface area contributed by atoms with E-state index in [1.54, 1.807) is 6.20 Å². The van der Waals surface area contributed by atoms with Gasteiger partial charge < -0.3 is 20.5 Å².